The summed E-state index contributed by atoms with van der Waals surface area (Å²) in [4.78, 5) is 18.6. The van der Waals surface area contributed by atoms with Crippen LogP contribution in [-0.2, 0) is 4.74 Å². The van der Waals surface area contributed by atoms with Crippen LogP contribution in [-0.4, -0.2) is 55.3 Å². The van der Waals surface area contributed by atoms with E-state index in [9.17, 15) is 4.79 Å². The number of pyridine rings is 1. The number of carbonyl (C=O) groups excluding carboxylic acids is 1. The summed E-state index contributed by atoms with van der Waals surface area (Å²) in [6.07, 6.45) is 3.58. The van der Waals surface area contributed by atoms with Gasteiger partial charge in [-0.25, -0.2) is 4.79 Å². The summed E-state index contributed by atoms with van der Waals surface area (Å²) in [5.41, 5.74) is 0.829. The molecular weight excluding hydrogens is 280 g/mol. The maximum absolute atomic E-state index is 12.1. The Kier molecular flexibility index (Phi) is 5.74. The van der Waals surface area contributed by atoms with Crippen LogP contribution in [0.5, 0.6) is 0 Å². The van der Waals surface area contributed by atoms with Gasteiger partial charge in [0.2, 0.25) is 0 Å². The average molecular weight is 306 g/mol. The van der Waals surface area contributed by atoms with Gasteiger partial charge in [-0.1, -0.05) is 6.07 Å². The van der Waals surface area contributed by atoms with Gasteiger partial charge in [0.05, 0.1) is 11.7 Å². The molecule has 2 rings (SSSR count). The van der Waals surface area contributed by atoms with Gasteiger partial charge in [-0.15, -0.1) is 0 Å². The number of hydrogen-bond donors (Lipinski definition) is 2. The van der Waals surface area contributed by atoms with Crippen molar-refractivity contribution in [1.29, 1.82) is 0 Å². The molecule has 0 spiro atoms. The van der Waals surface area contributed by atoms with Crippen LogP contribution in [0.3, 0.4) is 0 Å². The standard InChI is InChI=1S/C16H26N4O2/c1-13(14-6-4-5-9-17-14)19-15(21)18-12-16(20(2)3)7-10-22-11-8-16/h4-6,9,13H,7-8,10-12H2,1-3H3,(H2,18,19,21). The Balaban J connectivity index is 1.86. The lowest BCUT2D eigenvalue weighted by molar-refractivity contribution is -0.00574. The third kappa shape index (κ3) is 4.18. The summed E-state index contributed by atoms with van der Waals surface area (Å²) in [7, 11) is 4.11. The molecular formula is C16H26N4O2. The number of rotatable bonds is 5. The monoisotopic (exact) mass is 306 g/mol. The van der Waals surface area contributed by atoms with Gasteiger partial charge >= 0.3 is 6.03 Å². The van der Waals surface area contributed by atoms with E-state index in [0.717, 1.165) is 31.7 Å². The minimum Gasteiger partial charge on any atom is -0.381 e. The van der Waals surface area contributed by atoms with Crippen LogP contribution in [0, 0.1) is 0 Å². The predicted octanol–water partition coefficient (Wildman–Crippen LogP) is 1.55. The van der Waals surface area contributed by atoms with Gasteiger partial charge in [0.1, 0.15) is 0 Å². The molecule has 0 bridgehead atoms. The number of nitrogens with one attached hydrogen (secondary N) is 2. The highest BCUT2D eigenvalue weighted by Gasteiger charge is 2.35. The van der Waals surface area contributed by atoms with Gasteiger partial charge in [0.15, 0.2) is 0 Å². The van der Waals surface area contributed by atoms with E-state index >= 15 is 0 Å². The van der Waals surface area contributed by atoms with E-state index in [0.29, 0.717) is 6.54 Å². The topological polar surface area (TPSA) is 66.5 Å². The number of nitrogens with zero attached hydrogens (tertiary/aromatic N) is 2. The van der Waals surface area contributed by atoms with Gasteiger partial charge in [-0.3, -0.25) is 4.98 Å². The molecule has 2 N–H and O–H groups in total. The Morgan fingerprint density at radius 2 is 2.14 bits per heavy atom. The third-order valence-electron chi connectivity index (χ3n) is 4.43. The second kappa shape index (κ2) is 7.56. The van der Waals surface area contributed by atoms with Crippen LogP contribution >= 0.6 is 0 Å². The highest BCUT2D eigenvalue weighted by atomic mass is 16.5. The molecule has 2 amide bonds. The van der Waals surface area contributed by atoms with E-state index in [1.807, 2.05) is 25.1 Å². The van der Waals surface area contributed by atoms with E-state index in [-0.39, 0.29) is 17.6 Å². The second-order valence-electron chi connectivity index (χ2n) is 6.03. The van der Waals surface area contributed by atoms with E-state index in [2.05, 4.69) is 34.6 Å². The first-order chi connectivity index (χ1) is 10.5. The van der Waals surface area contributed by atoms with Crippen LogP contribution in [0.15, 0.2) is 24.4 Å². The number of urea groups is 1. The normalized spacial score (nSPS) is 18.7. The molecule has 1 atom stereocenters. The minimum atomic E-state index is -0.161. The lowest BCUT2D eigenvalue weighted by Crippen LogP contribution is -2.56. The largest absolute Gasteiger partial charge is 0.381 e. The maximum atomic E-state index is 12.1. The fourth-order valence-corrected chi connectivity index (χ4v) is 2.73. The zero-order valence-corrected chi connectivity index (χ0v) is 13.6. The Morgan fingerprint density at radius 3 is 2.73 bits per heavy atom. The quantitative estimate of drug-likeness (QED) is 0.866. The van der Waals surface area contributed by atoms with Crippen molar-refractivity contribution < 1.29 is 9.53 Å². The zero-order chi connectivity index (χ0) is 16.0. The molecule has 0 aliphatic carbocycles. The highest BCUT2D eigenvalue weighted by molar-refractivity contribution is 5.74. The molecule has 0 radical (unpaired) electrons. The summed E-state index contributed by atoms with van der Waals surface area (Å²) >= 11 is 0. The van der Waals surface area contributed by atoms with Crippen LogP contribution in [0.2, 0.25) is 0 Å². The zero-order valence-electron chi connectivity index (χ0n) is 13.6. The summed E-state index contributed by atoms with van der Waals surface area (Å²) in [6, 6.07) is 5.41. The lowest BCUT2D eigenvalue weighted by atomic mass is 9.88. The SMILES string of the molecule is CC(NC(=O)NCC1(N(C)C)CCOCC1)c1ccccn1. The van der Waals surface area contributed by atoms with Crippen molar-refractivity contribution in [3.05, 3.63) is 30.1 Å². The predicted molar refractivity (Wildman–Crippen MR) is 85.7 cm³/mol. The number of carbonyl (C=O) groups is 1. The van der Waals surface area contributed by atoms with Gasteiger partial charge in [-0.05, 0) is 46.0 Å². The molecule has 1 saturated heterocycles. The van der Waals surface area contributed by atoms with Crippen molar-refractivity contribution >= 4 is 6.03 Å². The molecule has 1 unspecified atom stereocenters. The fraction of sp³-hybridized carbons (Fsp3) is 0.625. The first-order valence-electron chi connectivity index (χ1n) is 7.74. The van der Waals surface area contributed by atoms with Crippen molar-refractivity contribution in [3.8, 4) is 0 Å². The Labute approximate surface area is 132 Å². The van der Waals surface area contributed by atoms with E-state index < -0.39 is 0 Å². The van der Waals surface area contributed by atoms with Gasteiger partial charge < -0.3 is 20.3 Å². The molecule has 2 heterocycles. The molecule has 1 aliphatic rings. The van der Waals surface area contributed by atoms with Crippen LogP contribution in [0.25, 0.3) is 0 Å². The molecule has 1 aromatic rings. The average Bonchev–Trinajstić information content (AvgIpc) is 2.54. The third-order valence-corrected chi connectivity index (χ3v) is 4.43. The van der Waals surface area contributed by atoms with Crippen molar-refractivity contribution in [2.45, 2.75) is 31.3 Å². The van der Waals surface area contributed by atoms with E-state index in [1.54, 1.807) is 6.20 Å². The van der Waals surface area contributed by atoms with Crippen molar-refractivity contribution in [2.24, 2.45) is 0 Å². The van der Waals surface area contributed by atoms with Gasteiger partial charge in [-0.2, -0.15) is 0 Å². The van der Waals surface area contributed by atoms with E-state index in [4.69, 9.17) is 4.74 Å². The molecule has 1 aliphatic heterocycles. The van der Waals surface area contributed by atoms with Crippen LogP contribution < -0.4 is 10.6 Å². The number of aromatic nitrogens is 1. The summed E-state index contributed by atoms with van der Waals surface area (Å²) in [5.74, 6) is 0. The van der Waals surface area contributed by atoms with Crippen molar-refractivity contribution in [3.63, 3.8) is 0 Å². The maximum Gasteiger partial charge on any atom is 0.315 e. The first kappa shape index (κ1) is 16.7. The summed E-state index contributed by atoms with van der Waals surface area (Å²) in [5, 5.41) is 5.93. The molecule has 1 aromatic heterocycles. The number of amides is 2. The van der Waals surface area contributed by atoms with Gasteiger partial charge in [0, 0.05) is 31.5 Å². The number of ether oxygens (including phenoxy) is 1. The Bertz CT molecular complexity index is 472. The fourth-order valence-electron chi connectivity index (χ4n) is 2.73. The number of likely N-dealkylation sites (N-methyl/N-ethyl adjacent to an activating group) is 1. The number of hydrogen-bond acceptors (Lipinski definition) is 4. The minimum absolute atomic E-state index is 0.0240. The van der Waals surface area contributed by atoms with Crippen molar-refractivity contribution in [2.75, 3.05) is 33.9 Å². The molecule has 0 aromatic carbocycles. The Hall–Kier alpha value is -1.66. The lowest BCUT2D eigenvalue weighted by Gasteiger charge is -2.42. The van der Waals surface area contributed by atoms with Crippen molar-refractivity contribution in [1.82, 2.24) is 20.5 Å². The Morgan fingerprint density at radius 1 is 1.41 bits per heavy atom. The van der Waals surface area contributed by atoms with Gasteiger partial charge in [0.25, 0.3) is 0 Å². The molecule has 0 saturated carbocycles. The second-order valence-corrected chi connectivity index (χ2v) is 6.03. The molecule has 6 nitrogen and oxygen atoms in total. The molecule has 22 heavy (non-hydrogen) atoms. The molecule has 1 fully saturated rings. The summed E-state index contributed by atoms with van der Waals surface area (Å²) < 4.78 is 5.44. The summed E-state index contributed by atoms with van der Waals surface area (Å²) in [6.45, 7) is 4.03. The molecule has 122 valence electrons. The molecule has 6 heteroatoms. The van der Waals surface area contributed by atoms with Crippen LogP contribution in [0.4, 0.5) is 4.79 Å². The smallest absolute Gasteiger partial charge is 0.315 e. The van der Waals surface area contributed by atoms with Crippen LogP contribution in [0.1, 0.15) is 31.5 Å². The van der Waals surface area contributed by atoms with E-state index in [1.165, 1.54) is 0 Å². The first-order valence-corrected chi connectivity index (χ1v) is 7.74. The highest BCUT2D eigenvalue weighted by Crippen LogP contribution is 2.25.